The monoisotopic (exact) mass is 249 g/mol. The van der Waals surface area contributed by atoms with Crippen LogP contribution in [-0.2, 0) is 9.53 Å². The van der Waals surface area contributed by atoms with Crippen LogP contribution in [0.1, 0.15) is 25.3 Å². The highest BCUT2D eigenvalue weighted by Gasteiger charge is 2.42. The lowest BCUT2D eigenvalue weighted by atomic mass is 9.86. The molecule has 0 aliphatic carbocycles. The Kier molecular flexibility index (Phi) is 3.57. The molecule has 2 rings (SSSR count). The molecule has 2 N–H and O–H groups in total. The van der Waals surface area contributed by atoms with Gasteiger partial charge in [-0.1, -0.05) is 12.1 Å². The maximum Gasteiger partial charge on any atom is 0.329 e. The summed E-state index contributed by atoms with van der Waals surface area (Å²) in [7, 11) is 0. The zero-order chi connectivity index (χ0) is 13.2. The number of ether oxygens (including phenoxy) is 1. The van der Waals surface area contributed by atoms with Crippen LogP contribution in [0, 0.1) is 6.92 Å². The number of aryl methyl sites for hydroxylation is 1. The molecule has 2 atom stereocenters. The molecule has 1 aliphatic rings. The van der Waals surface area contributed by atoms with E-state index in [-0.39, 0.29) is 6.10 Å². The van der Waals surface area contributed by atoms with Gasteiger partial charge in [0, 0.05) is 25.1 Å². The highest BCUT2D eigenvalue weighted by Crippen LogP contribution is 2.29. The average molecular weight is 249 g/mol. The number of carboxylic acids is 1. The summed E-state index contributed by atoms with van der Waals surface area (Å²) in [5.74, 6) is -0.806. The zero-order valence-corrected chi connectivity index (χ0v) is 10.8. The third kappa shape index (κ3) is 2.64. The molecule has 0 radical (unpaired) electrons. The van der Waals surface area contributed by atoms with E-state index in [2.05, 4.69) is 5.32 Å². The topological polar surface area (TPSA) is 58.6 Å². The molecular formula is C14H19NO3. The van der Waals surface area contributed by atoms with Crippen LogP contribution in [0.4, 0.5) is 5.69 Å². The molecule has 2 unspecified atom stereocenters. The number of carboxylic acid groups (broad SMARTS) is 1. The fraction of sp³-hybridized carbons (Fsp3) is 0.500. The van der Waals surface area contributed by atoms with Crippen molar-refractivity contribution in [3.05, 3.63) is 29.8 Å². The minimum atomic E-state index is -0.911. The van der Waals surface area contributed by atoms with Gasteiger partial charge < -0.3 is 15.2 Å². The molecule has 0 bridgehead atoms. The molecule has 0 amide bonds. The Bertz CT molecular complexity index is 446. The predicted octanol–water partition coefficient (Wildman–Crippen LogP) is 2.43. The fourth-order valence-corrected chi connectivity index (χ4v) is 2.45. The average Bonchev–Trinajstić information content (AvgIpc) is 2.28. The van der Waals surface area contributed by atoms with Crippen LogP contribution in [-0.4, -0.2) is 29.3 Å². The molecule has 4 nitrogen and oxygen atoms in total. The van der Waals surface area contributed by atoms with Crippen LogP contribution in [0.25, 0.3) is 0 Å². The number of benzene rings is 1. The molecule has 98 valence electrons. The Morgan fingerprint density at radius 2 is 2.33 bits per heavy atom. The van der Waals surface area contributed by atoms with Gasteiger partial charge in [0.05, 0.1) is 6.10 Å². The number of hydrogen-bond acceptors (Lipinski definition) is 3. The van der Waals surface area contributed by atoms with Crippen molar-refractivity contribution < 1.29 is 14.6 Å². The van der Waals surface area contributed by atoms with Gasteiger partial charge in [-0.3, -0.25) is 0 Å². The summed E-state index contributed by atoms with van der Waals surface area (Å²) in [6, 6.07) is 7.78. The summed E-state index contributed by atoms with van der Waals surface area (Å²) in [5.41, 5.74) is 1.05. The lowest BCUT2D eigenvalue weighted by Crippen LogP contribution is -2.52. The van der Waals surface area contributed by atoms with E-state index in [1.807, 2.05) is 38.1 Å². The van der Waals surface area contributed by atoms with Crippen molar-refractivity contribution in [1.82, 2.24) is 0 Å². The predicted molar refractivity (Wildman–Crippen MR) is 69.8 cm³/mol. The van der Waals surface area contributed by atoms with Gasteiger partial charge in [0.2, 0.25) is 0 Å². The van der Waals surface area contributed by atoms with E-state index in [1.165, 1.54) is 0 Å². The van der Waals surface area contributed by atoms with Crippen molar-refractivity contribution in [2.75, 3.05) is 11.9 Å². The van der Waals surface area contributed by atoms with E-state index in [1.54, 1.807) is 0 Å². The van der Waals surface area contributed by atoms with Gasteiger partial charge in [0.1, 0.15) is 5.54 Å². The molecule has 18 heavy (non-hydrogen) atoms. The van der Waals surface area contributed by atoms with Crippen molar-refractivity contribution in [1.29, 1.82) is 0 Å². The number of anilines is 1. The highest BCUT2D eigenvalue weighted by molar-refractivity contribution is 5.83. The van der Waals surface area contributed by atoms with E-state index < -0.39 is 11.5 Å². The molecule has 1 fully saturated rings. The molecule has 1 aromatic rings. The Morgan fingerprint density at radius 3 is 2.94 bits per heavy atom. The molecule has 0 saturated carbocycles. The maximum absolute atomic E-state index is 11.6. The van der Waals surface area contributed by atoms with E-state index in [9.17, 15) is 9.90 Å². The first kappa shape index (κ1) is 12.9. The second-order valence-corrected chi connectivity index (χ2v) is 5.02. The molecular weight excluding hydrogens is 230 g/mol. The third-order valence-corrected chi connectivity index (χ3v) is 3.38. The van der Waals surface area contributed by atoms with Crippen molar-refractivity contribution in [2.24, 2.45) is 0 Å². The first-order valence-corrected chi connectivity index (χ1v) is 6.22. The lowest BCUT2D eigenvalue weighted by molar-refractivity contribution is -0.147. The quantitative estimate of drug-likeness (QED) is 0.863. The molecule has 1 heterocycles. The smallest absolute Gasteiger partial charge is 0.329 e. The minimum Gasteiger partial charge on any atom is -0.480 e. The van der Waals surface area contributed by atoms with Gasteiger partial charge in [-0.05, 0) is 31.5 Å². The van der Waals surface area contributed by atoms with Crippen molar-refractivity contribution in [3.63, 3.8) is 0 Å². The first-order chi connectivity index (χ1) is 8.52. The highest BCUT2D eigenvalue weighted by atomic mass is 16.5. The number of rotatable bonds is 3. The summed E-state index contributed by atoms with van der Waals surface area (Å²) in [4.78, 5) is 11.6. The van der Waals surface area contributed by atoms with Crippen LogP contribution in [0.3, 0.4) is 0 Å². The van der Waals surface area contributed by atoms with Crippen LogP contribution in [0.2, 0.25) is 0 Å². The summed E-state index contributed by atoms with van der Waals surface area (Å²) in [6.07, 6.45) is 0.934. The standard InChI is InChI=1S/C14H19NO3/c1-10-4-3-5-12(8-10)15-14(13(16)17)6-7-18-11(2)9-14/h3-5,8,11,15H,6-7,9H2,1-2H3,(H,16,17). The van der Waals surface area contributed by atoms with E-state index in [4.69, 9.17) is 4.74 Å². The summed E-state index contributed by atoms with van der Waals surface area (Å²) in [6.45, 7) is 4.38. The number of carbonyl (C=O) groups is 1. The summed E-state index contributed by atoms with van der Waals surface area (Å²) >= 11 is 0. The lowest BCUT2D eigenvalue weighted by Gasteiger charge is -2.37. The van der Waals surface area contributed by atoms with Gasteiger partial charge in [-0.2, -0.15) is 0 Å². The van der Waals surface area contributed by atoms with Crippen molar-refractivity contribution in [3.8, 4) is 0 Å². The van der Waals surface area contributed by atoms with Crippen LogP contribution in [0.15, 0.2) is 24.3 Å². The van der Waals surface area contributed by atoms with Crippen molar-refractivity contribution >= 4 is 11.7 Å². The van der Waals surface area contributed by atoms with Crippen LogP contribution in [0.5, 0.6) is 0 Å². The maximum atomic E-state index is 11.6. The minimum absolute atomic E-state index is 0.0350. The Balaban J connectivity index is 2.23. The van der Waals surface area contributed by atoms with E-state index in [0.717, 1.165) is 11.3 Å². The number of nitrogens with one attached hydrogen (secondary N) is 1. The Hall–Kier alpha value is -1.55. The summed E-state index contributed by atoms with van der Waals surface area (Å²) < 4.78 is 5.44. The first-order valence-electron chi connectivity index (χ1n) is 6.22. The number of aliphatic carboxylic acids is 1. The molecule has 1 aliphatic heterocycles. The SMILES string of the molecule is Cc1cccc(NC2(C(=O)O)CCOC(C)C2)c1. The second kappa shape index (κ2) is 4.98. The molecule has 1 saturated heterocycles. The van der Waals surface area contributed by atoms with Gasteiger partial charge in [-0.25, -0.2) is 4.79 Å². The fourth-order valence-electron chi connectivity index (χ4n) is 2.45. The van der Waals surface area contributed by atoms with E-state index in [0.29, 0.717) is 19.4 Å². The second-order valence-electron chi connectivity index (χ2n) is 5.02. The van der Waals surface area contributed by atoms with Gasteiger partial charge in [0.25, 0.3) is 0 Å². The van der Waals surface area contributed by atoms with E-state index >= 15 is 0 Å². The van der Waals surface area contributed by atoms with Crippen LogP contribution >= 0.6 is 0 Å². The van der Waals surface area contributed by atoms with Gasteiger partial charge in [-0.15, -0.1) is 0 Å². The molecule has 4 heteroatoms. The Labute approximate surface area is 107 Å². The molecule has 1 aromatic carbocycles. The van der Waals surface area contributed by atoms with Gasteiger partial charge in [0.15, 0.2) is 0 Å². The normalized spacial score (nSPS) is 27.8. The van der Waals surface area contributed by atoms with Gasteiger partial charge >= 0.3 is 5.97 Å². The van der Waals surface area contributed by atoms with Crippen LogP contribution < -0.4 is 5.32 Å². The number of hydrogen-bond donors (Lipinski definition) is 2. The molecule has 0 aromatic heterocycles. The summed E-state index contributed by atoms with van der Waals surface area (Å²) in [5, 5.41) is 12.7. The van der Waals surface area contributed by atoms with Crippen molar-refractivity contribution in [2.45, 2.75) is 38.3 Å². The Morgan fingerprint density at radius 1 is 1.56 bits per heavy atom. The third-order valence-electron chi connectivity index (χ3n) is 3.38. The molecule has 0 spiro atoms. The largest absolute Gasteiger partial charge is 0.480 e. The zero-order valence-electron chi connectivity index (χ0n) is 10.8.